The Bertz CT molecular complexity index is 16.4. The number of hydrogen-bond donors (Lipinski definition) is 0. The van der Waals surface area contributed by atoms with Crippen LogP contribution in [0, 0.1) is 7.43 Å². The minimum atomic E-state index is 0. The minimum absolute atomic E-state index is 0. The molecular weight excluding hydrogens is 310 g/mol. The topological polar surface area (TPSA) is 0 Å². The standard InChI is InChI=1S/C3H9P.CH3.ClH.Pt/c1-4(2)3;;;/h1-3H3;1H3;1H;/q;-1;;+1. The fraction of sp³-hybridized carbons (Fsp3) is 0.750. The number of rotatable bonds is 0. The van der Waals surface area contributed by atoms with Gasteiger partial charge in [0.15, 0.2) is 0 Å². The van der Waals surface area contributed by atoms with Gasteiger partial charge in [-0.05, 0) is 7.92 Å². The van der Waals surface area contributed by atoms with Gasteiger partial charge in [0.2, 0.25) is 0 Å². The van der Waals surface area contributed by atoms with E-state index in [1.807, 2.05) is 0 Å². The quantitative estimate of drug-likeness (QED) is 0.474. The molecule has 0 radical (unpaired) electrons. The monoisotopic (exact) mass is 322 g/mol. The van der Waals surface area contributed by atoms with Crippen LogP contribution in [0.5, 0.6) is 0 Å². The SMILES string of the molecule is C[PH+](C)C.[CH3-].[Cl][Pt]. The summed E-state index contributed by atoms with van der Waals surface area (Å²) in [6.45, 7) is 6.81. The zero-order valence-corrected chi connectivity index (χ0v) is 9.22. The van der Waals surface area contributed by atoms with E-state index in [-0.39, 0.29) is 15.3 Å². The Morgan fingerprint density at radius 1 is 1.14 bits per heavy atom. The van der Waals surface area contributed by atoms with Crippen LogP contribution in [0.2, 0.25) is 0 Å². The van der Waals surface area contributed by atoms with E-state index in [0.717, 1.165) is 0 Å². The summed E-state index contributed by atoms with van der Waals surface area (Å²) < 4.78 is 0. The van der Waals surface area contributed by atoms with E-state index in [1.165, 1.54) is 0 Å². The fourth-order valence-corrected chi connectivity index (χ4v) is 0. The summed E-state index contributed by atoms with van der Waals surface area (Å²) in [4.78, 5) is 0. The van der Waals surface area contributed by atoms with Crippen LogP contribution >= 0.6 is 17.3 Å². The van der Waals surface area contributed by atoms with Crippen molar-refractivity contribution in [1.29, 1.82) is 0 Å². The molecule has 0 aliphatic carbocycles. The van der Waals surface area contributed by atoms with E-state index in [1.54, 1.807) is 18.8 Å². The van der Waals surface area contributed by atoms with Crippen LogP contribution in [0.3, 0.4) is 0 Å². The van der Waals surface area contributed by atoms with Gasteiger partial charge in [-0.3, -0.25) is 0 Å². The summed E-state index contributed by atoms with van der Waals surface area (Å²) >= 11 is 1.61. The zero-order chi connectivity index (χ0) is 5.58. The summed E-state index contributed by atoms with van der Waals surface area (Å²) in [5, 5.41) is 0. The zero-order valence-electron chi connectivity index (χ0n) is 5.19. The average Bonchev–Trinajstić information content (AvgIpc) is 1.41. The Balaban J connectivity index is -0.0000000480. The van der Waals surface area contributed by atoms with Gasteiger partial charge in [0.25, 0.3) is 0 Å². The van der Waals surface area contributed by atoms with Crippen molar-refractivity contribution in [3.63, 3.8) is 0 Å². The first-order valence-corrected chi connectivity index (χ1v) is 7.44. The first-order chi connectivity index (χ1) is 2.73. The van der Waals surface area contributed by atoms with E-state index in [0.29, 0.717) is 0 Å². The molecule has 0 heterocycles. The van der Waals surface area contributed by atoms with Gasteiger partial charge < -0.3 is 7.43 Å². The summed E-state index contributed by atoms with van der Waals surface area (Å²) in [6, 6.07) is 0. The molecule has 0 saturated carbocycles. The molecule has 0 aromatic rings. The van der Waals surface area contributed by atoms with Gasteiger partial charge in [-0.2, -0.15) is 0 Å². The Morgan fingerprint density at radius 3 is 1.14 bits per heavy atom. The van der Waals surface area contributed by atoms with E-state index in [9.17, 15) is 0 Å². The number of halogens is 1. The van der Waals surface area contributed by atoms with Gasteiger partial charge in [0, 0.05) is 20.0 Å². The third-order valence-corrected chi connectivity index (χ3v) is 0. The number of hydrogen-bond acceptors (Lipinski definition) is 0. The maximum atomic E-state index is 4.61. The second-order valence-electron chi connectivity index (χ2n) is 1.50. The third kappa shape index (κ3) is 109. The van der Waals surface area contributed by atoms with Crippen LogP contribution < -0.4 is 0 Å². The van der Waals surface area contributed by atoms with Gasteiger partial charge in [0.05, 0.1) is 0 Å². The van der Waals surface area contributed by atoms with E-state index in [2.05, 4.69) is 29.4 Å². The maximum absolute atomic E-state index is 4.61. The molecule has 0 fully saturated rings. The van der Waals surface area contributed by atoms with Crippen LogP contribution in [0.1, 0.15) is 0 Å². The first kappa shape index (κ1) is 15.8. The van der Waals surface area contributed by atoms with E-state index >= 15 is 0 Å². The van der Waals surface area contributed by atoms with Crippen LogP contribution in [0.15, 0.2) is 0 Å². The summed E-state index contributed by atoms with van der Waals surface area (Å²) in [7, 11) is 4.73. The Labute approximate surface area is 63.6 Å². The molecule has 0 spiro atoms. The molecule has 0 amide bonds. The van der Waals surface area contributed by atoms with Crippen LogP contribution in [0.4, 0.5) is 0 Å². The molecular formula is C4H13ClPPt. The van der Waals surface area contributed by atoms with Gasteiger partial charge in [0.1, 0.15) is 0 Å². The Morgan fingerprint density at radius 2 is 1.14 bits per heavy atom. The van der Waals surface area contributed by atoms with Crippen molar-refractivity contribution in [3.8, 4) is 0 Å². The van der Waals surface area contributed by atoms with Crippen molar-refractivity contribution in [3.05, 3.63) is 7.43 Å². The molecule has 0 N–H and O–H groups in total. The molecule has 0 atom stereocenters. The van der Waals surface area contributed by atoms with Gasteiger partial charge in [-0.15, -0.1) is 0 Å². The Hall–Kier alpha value is 1.41. The molecule has 0 nitrogen and oxygen atoms in total. The van der Waals surface area contributed by atoms with Crippen molar-refractivity contribution < 1.29 is 18.8 Å². The van der Waals surface area contributed by atoms with Crippen molar-refractivity contribution >= 4 is 17.3 Å². The van der Waals surface area contributed by atoms with E-state index in [4.69, 9.17) is 0 Å². The molecule has 0 aliphatic heterocycles. The summed E-state index contributed by atoms with van der Waals surface area (Å²) in [5.41, 5.74) is 0. The molecule has 0 bridgehead atoms. The molecule has 3 heteroatoms. The Kier molecular flexibility index (Phi) is 35.3. The van der Waals surface area contributed by atoms with Crippen molar-refractivity contribution in [2.45, 2.75) is 0 Å². The van der Waals surface area contributed by atoms with Crippen LogP contribution in [-0.4, -0.2) is 20.0 Å². The van der Waals surface area contributed by atoms with Gasteiger partial charge >= 0.3 is 28.2 Å². The van der Waals surface area contributed by atoms with Crippen molar-refractivity contribution in [2.75, 3.05) is 20.0 Å². The predicted octanol–water partition coefficient (Wildman–Crippen LogP) is 2.23. The first-order valence-electron chi connectivity index (χ1n) is 1.62. The van der Waals surface area contributed by atoms with Crippen LogP contribution in [-0.2, 0) is 18.8 Å². The molecule has 51 valence electrons. The predicted molar refractivity (Wildman–Crippen MR) is 38.4 cm³/mol. The second kappa shape index (κ2) is 15.7. The molecule has 0 saturated heterocycles. The summed E-state index contributed by atoms with van der Waals surface area (Å²) in [5.74, 6) is 0. The van der Waals surface area contributed by atoms with Gasteiger partial charge in [-0.25, -0.2) is 0 Å². The average molecular weight is 323 g/mol. The molecule has 0 rings (SSSR count). The normalized spacial score (nSPS) is 6.14. The van der Waals surface area contributed by atoms with Gasteiger partial charge in [-0.1, -0.05) is 0 Å². The molecule has 7 heavy (non-hydrogen) atoms. The summed E-state index contributed by atoms with van der Waals surface area (Å²) in [6.07, 6.45) is 0. The molecule has 0 aromatic carbocycles. The van der Waals surface area contributed by atoms with Crippen molar-refractivity contribution in [1.82, 2.24) is 0 Å². The molecule has 0 aliphatic rings. The fourth-order valence-electron chi connectivity index (χ4n) is 0. The third-order valence-electron chi connectivity index (χ3n) is 0. The second-order valence-corrected chi connectivity index (χ2v) is 4.50. The van der Waals surface area contributed by atoms with Crippen molar-refractivity contribution in [2.24, 2.45) is 0 Å². The molecule has 0 aromatic heterocycles. The van der Waals surface area contributed by atoms with Crippen LogP contribution in [0.25, 0.3) is 0 Å². The van der Waals surface area contributed by atoms with E-state index < -0.39 is 0 Å². The molecule has 0 unspecified atom stereocenters.